The molecular weight excluding hydrogens is 339 g/mol. The van der Waals surface area contributed by atoms with E-state index in [9.17, 15) is 4.79 Å². The smallest absolute Gasteiger partial charge is 0.266 e. The van der Waals surface area contributed by atoms with Crippen molar-refractivity contribution in [1.82, 2.24) is 5.43 Å². The summed E-state index contributed by atoms with van der Waals surface area (Å²) in [5.74, 6) is -0.338. The molecule has 0 aliphatic heterocycles. The second kappa shape index (κ2) is 6.48. The fourth-order valence-corrected chi connectivity index (χ4v) is 3.54. The molecule has 1 amide bonds. The first-order chi connectivity index (χ1) is 10.7. The van der Waals surface area contributed by atoms with Crippen molar-refractivity contribution in [2.45, 2.75) is 0 Å². The Kier molecular flexibility index (Phi) is 4.43. The van der Waals surface area contributed by atoms with Crippen LogP contribution >= 0.6 is 34.5 Å². The van der Waals surface area contributed by atoms with Crippen molar-refractivity contribution >= 4 is 56.7 Å². The van der Waals surface area contributed by atoms with Crippen LogP contribution in [0.25, 0.3) is 10.1 Å². The third-order valence-electron chi connectivity index (χ3n) is 3.02. The third kappa shape index (κ3) is 2.99. The highest BCUT2D eigenvalue weighted by atomic mass is 35.5. The molecule has 1 aromatic heterocycles. The van der Waals surface area contributed by atoms with Crippen LogP contribution in [-0.4, -0.2) is 12.1 Å². The number of benzene rings is 2. The van der Waals surface area contributed by atoms with Gasteiger partial charge in [0, 0.05) is 20.7 Å². The summed E-state index contributed by atoms with van der Waals surface area (Å²) < 4.78 is 0.965. The Balaban J connectivity index is 1.79. The number of nitrogens with zero attached hydrogens (tertiary/aromatic N) is 1. The number of amides is 1. The van der Waals surface area contributed by atoms with Gasteiger partial charge in [-0.2, -0.15) is 5.10 Å². The minimum Gasteiger partial charge on any atom is -0.266 e. The standard InChI is InChI=1S/C16H10Cl2N2OS/c17-12-7-3-1-5-10(12)9-19-20-16(21)15-14(18)11-6-2-4-8-13(11)22-15/h1-9H,(H,20,21)/b19-9+. The SMILES string of the molecule is O=C(N/N=C/c1ccccc1Cl)c1sc2ccccc2c1Cl. The van der Waals surface area contributed by atoms with Gasteiger partial charge >= 0.3 is 0 Å². The molecule has 0 atom stereocenters. The number of rotatable bonds is 3. The van der Waals surface area contributed by atoms with E-state index in [0.29, 0.717) is 14.9 Å². The van der Waals surface area contributed by atoms with Crippen LogP contribution < -0.4 is 5.43 Å². The van der Waals surface area contributed by atoms with Crippen LogP contribution in [0.3, 0.4) is 0 Å². The molecule has 6 heteroatoms. The normalized spacial score (nSPS) is 11.2. The molecule has 3 rings (SSSR count). The number of hydrogen-bond acceptors (Lipinski definition) is 3. The van der Waals surface area contributed by atoms with Gasteiger partial charge in [-0.3, -0.25) is 4.79 Å². The minimum atomic E-state index is -0.338. The molecule has 0 unspecified atom stereocenters. The number of carbonyl (C=O) groups excluding carboxylic acids is 1. The van der Waals surface area contributed by atoms with Crippen LogP contribution in [0.5, 0.6) is 0 Å². The first-order valence-corrected chi connectivity index (χ1v) is 7.99. The number of hydrogen-bond donors (Lipinski definition) is 1. The Labute approximate surface area is 141 Å². The van der Waals surface area contributed by atoms with Gasteiger partial charge in [0.15, 0.2) is 0 Å². The number of fused-ring (bicyclic) bond motifs is 1. The molecule has 2 aromatic carbocycles. The quantitative estimate of drug-likeness (QED) is 0.526. The van der Waals surface area contributed by atoms with E-state index in [2.05, 4.69) is 10.5 Å². The van der Waals surface area contributed by atoms with Crippen LogP contribution in [0, 0.1) is 0 Å². The molecule has 110 valence electrons. The second-order valence-corrected chi connectivity index (χ2v) is 6.30. The van der Waals surface area contributed by atoms with Crippen LogP contribution in [0.1, 0.15) is 15.2 Å². The van der Waals surface area contributed by atoms with Crippen molar-refractivity contribution in [2.24, 2.45) is 5.10 Å². The van der Waals surface area contributed by atoms with Gasteiger partial charge in [-0.15, -0.1) is 11.3 Å². The van der Waals surface area contributed by atoms with Gasteiger partial charge in [-0.1, -0.05) is 59.6 Å². The number of nitrogens with one attached hydrogen (secondary N) is 1. The van der Waals surface area contributed by atoms with Crippen LogP contribution in [0.4, 0.5) is 0 Å². The van der Waals surface area contributed by atoms with Gasteiger partial charge in [-0.05, 0) is 12.1 Å². The van der Waals surface area contributed by atoms with Gasteiger partial charge in [0.25, 0.3) is 5.91 Å². The van der Waals surface area contributed by atoms with E-state index in [1.165, 1.54) is 17.6 Å². The topological polar surface area (TPSA) is 41.5 Å². The lowest BCUT2D eigenvalue weighted by Gasteiger charge is -1.98. The van der Waals surface area contributed by atoms with Gasteiger partial charge in [0.2, 0.25) is 0 Å². The van der Waals surface area contributed by atoms with Crippen LogP contribution in [0.15, 0.2) is 53.6 Å². The van der Waals surface area contributed by atoms with Crippen LogP contribution in [-0.2, 0) is 0 Å². The highest BCUT2D eigenvalue weighted by Crippen LogP contribution is 2.34. The Morgan fingerprint density at radius 1 is 1.09 bits per heavy atom. The summed E-state index contributed by atoms with van der Waals surface area (Å²) in [6, 6.07) is 14.9. The number of thiophene rings is 1. The summed E-state index contributed by atoms with van der Waals surface area (Å²) in [7, 11) is 0. The maximum atomic E-state index is 12.2. The molecule has 0 saturated carbocycles. The van der Waals surface area contributed by atoms with Gasteiger partial charge < -0.3 is 0 Å². The lowest BCUT2D eigenvalue weighted by atomic mass is 10.2. The average Bonchev–Trinajstić information content (AvgIpc) is 2.87. The molecule has 0 aliphatic rings. The molecular formula is C16H10Cl2N2OS. The van der Waals surface area contributed by atoms with E-state index < -0.39 is 0 Å². The monoisotopic (exact) mass is 348 g/mol. The number of carbonyl (C=O) groups is 1. The first kappa shape index (κ1) is 15.0. The Bertz CT molecular complexity index is 873. The highest BCUT2D eigenvalue weighted by molar-refractivity contribution is 7.21. The van der Waals surface area contributed by atoms with Crippen LogP contribution in [0.2, 0.25) is 10.0 Å². The Morgan fingerprint density at radius 3 is 2.59 bits per heavy atom. The number of halogens is 2. The van der Waals surface area contributed by atoms with Crippen molar-refractivity contribution in [1.29, 1.82) is 0 Å². The third-order valence-corrected chi connectivity index (χ3v) is 5.03. The summed E-state index contributed by atoms with van der Waals surface area (Å²) in [6.07, 6.45) is 1.50. The molecule has 0 bridgehead atoms. The van der Waals surface area contributed by atoms with E-state index in [0.717, 1.165) is 15.6 Å². The highest BCUT2D eigenvalue weighted by Gasteiger charge is 2.16. The molecule has 0 aliphatic carbocycles. The van der Waals surface area contributed by atoms with E-state index in [1.54, 1.807) is 6.07 Å². The predicted octanol–water partition coefficient (Wildman–Crippen LogP) is 4.97. The fraction of sp³-hybridized carbons (Fsp3) is 0. The number of hydrazone groups is 1. The fourth-order valence-electron chi connectivity index (χ4n) is 1.95. The molecule has 0 saturated heterocycles. The summed E-state index contributed by atoms with van der Waals surface area (Å²) in [5, 5.41) is 5.82. The summed E-state index contributed by atoms with van der Waals surface area (Å²) in [5.41, 5.74) is 3.20. The maximum absolute atomic E-state index is 12.2. The lowest BCUT2D eigenvalue weighted by Crippen LogP contribution is -2.16. The molecule has 0 spiro atoms. The van der Waals surface area contributed by atoms with Crippen molar-refractivity contribution in [3.8, 4) is 0 Å². The predicted molar refractivity (Wildman–Crippen MR) is 93.3 cm³/mol. The summed E-state index contributed by atoms with van der Waals surface area (Å²) >= 11 is 13.6. The Hall–Kier alpha value is -1.88. The van der Waals surface area contributed by atoms with E-state index in [1.807, 2.05) is 42.5 Å². The summed E-state index contributed by atoms with van der Waals surface area (Å²) in [6.45, 7) is 0. The Morgan fingerprint density at radius 2 is 1.82 bits per heavy atom. The van der Waals surface area contributed by atoms with Crippen molar-refractivity contribution in [3.05, 3.63) is 69.0 Å². The second-order valence-electron chi connectivity index (χ2n) is 4.46. The summed E-state index contributed by atoms with van der Waals surface area (Å²) in [4.78, 5) is 12.6. The average molecular weight is 349 g/mol. The van der Waals surface area contributed by atoms with Gasteiger partial charge in [0.05, 0.1) is 11.2 Å². The first-order valence-electron chi connectivity index (χ1n) is 6.42. The molecule has 0 fully saturated rings. The van der Waals surface area contributed by atoms with Crippen molar-refractivity contribution in [3.63, 3.8) is 0 Å². The van der Waals surface area contributed by atoms with E-state index in [4.69, 9.17) is 23.2 Å². The zero-order valence-corrected chi connectivity index (χ0v) is 13.5. The molecule has 3 nitrogen and oxygen atoms in total. The zero-order valence-electron chi connectivity index (χ0n) is 11.2. The maximum Gasteiger partial charge on any atom is 0.283 e. The molecule has 22 heavy (non-hydrogen) atoms. The van der Waals surface area contributed by atoms with Gasteiger partial charge in [0.1, 0.15) is 4.88 Å². The molecule has 1 heterocycles. The van der Waals surface area contributed by atoms with Crippen molar-refractivity contribution in [2.75, 3.05) is 0 Å². The lowest BCUT2D eigenvalue weighted by molar-refractivity contribution is 0.0959. The zero-order chi connectivity index (χ0) is 15.5. The molecule has 3 aromatic rings. The van der Waals surface area contributed by atoms with Crippen molar-refractivity contribution < 1.29 is 4.79 Å². The largest absolute Gasteiger partial charge is 0.283 e. The molecule has 1 N–H and O–H groups in total. The van der Waals surface area contributed by atoms with E-state index >= 15 is 0 Å². The van der Waals surface area contributed by atoms with Gasteiger partial charge in [-0.25, -0.2) is 5.43 Å². The molecule has 0 radical (unpaired) electrons. The van der Waals surface area contributed by atoms with E-state index in [-0.39, 0.29) is 5.91 Å². The minimum absolute atomic E-state index is 0.338.